The molecule has 1 aromatic carbocycles. The molecular weight excluding hydrogens is 297 g/mol. The number of hydrogen-bond donors (Lipinski definition) is 2. The van der Waals surface area contributed by atoms with Crippen molar-refractivity contribution in [2.45, 2.75) is 32.2 Å². The summed E-state index contributed by atoms with van der Waals surface area (Å²) in [7, 11) is 0. The Morgan fingerprint density at radius 2 is 1.80 bits per heavy atom. The number of hydrogen-bond acceptors (Lipinski definition) is 3. The van der Waals surface area contributed by atoms with Gasteiger partial charge in [0.1, 0.15) is 0 Å². The number of nitrogens with zero attached hydrogens (tertiary/aromatic N) is 1. The number of nitrogens with one attached hydrogen (secondary N) is 1. The second-order valence-corrected chi connectivity index (χ2v) is 4.84. The number of para-hydroxylation sites is 2. The molecule has 0 aliphatic carbocycles. The predicted octanol–water partition coefficient (Wildman–Crippen LogP) is 2.81. The molecule has 0 aromatic heterocycles. The summed E-state index contributed by atoms with van der Waals surface area (Å²) >= 11 is 0. The zero-order valence-corrected chi connectivity index (χ0v) is 13.3. The molecule has 1 atom stereocenters. The van der Waals surface area contributed by atoms with Gasteiger partial charge in [0.05, 0.1) is 17.4 Å². The highest BCUT2D eigenvalue weighted by atomic mass is 35.5. The third kappa shape index (κ3) is 4.85. The number of nitrogens with two attached hydrogens (primary N) is 1. The van der Waals surface area contributed by atoms with Gasteiger partial charge in [-0.1, -0.05) is 12.1 Å². The minimum Gasteiger partial charge on any atom is -0.370 e. The van der Waals surface area contributed by atoms with Crippen LogP contribution in [0.4, 0.5) is 11.4 Å². The first-order valence-electron chi connectivity index (χ1n) is 6.59. The first kappa shape index (κ1) is 19.0. The normalized spacial score (nSPS) is 15.6. The molecule has 0 spiro atoms. The number of benzene rings is 1. The summed E-state index contributed by atoms with van der Waals surface area (Å²) in [5.41, 5.74) is 7.55. The van der Waals surface area contributed by atoms with E-state index in [2.05, 4.69) is 16.3 Å². The molecule has 1 fully saturated rings. The van der Waals surface area contributed by atoms with Crippen molar-refractivity contribution in [1.82, 2.24) is 0 Å². The van der Waals surface area contributed by atoms with Gasteiger partial charge in [0.15, 0.2) is 0 Å². The Balaban J connectivity index is 0.00000180. The van der Waals surface area contributed by atoms with Crippen molar-refractivity contribution in [1.29, 1.82) is 0 Å². The van der Waals surface area contributed by atoms with Crippen LogP contribution in [0.2, 0.25) is 0 Å². The monoisotopic (exact) mass is 319 g/mol. The van der Waals surface area contributed by atoms with Crippen molar-refractivity contribution in [2.24, 2.45) is 5.73 Å². The molecule has 0 radical (unpaired) electrons. The van der Waals surface area contributed by atoms with Crippen molar-refractivity contribution in [2.75, 3.05) is 23.3 Å². The first-order chi connectivity index (χ1) is 8.68. The Bertz CT molecular complexity index is 421. The van der Waals surface area contributed by atoms with Gasteiger partial charge < -0.3 is 16.0 Å². The summed E-state index contributed by atoms with van der Waals surface area (Å²) in [6, 6.07) is 7.45. The quantitative estimate of drug-likeness (QED) is 0.900. The minimum atomic E-state index is -0.487. The van der Waals surface area contributed by atoms with E-state index in [1.807, 2.05) is 18.2 Å². The van der Waals surface area contributed by atoms with Crippen molar-refractivity contribution >= 4 is 42.1 Å². The Kier molecular flexibility index (Phi) is 8.62. The molecule has 0 bridgehead atoms. The summed E-state index contributed by atoms with van der Waals surface area (Å²) in [6.45, 7) is 3.81. The third-order valence-corrected chi connectivity index (χ3v) is 3.27. The van der Waals surface area contributed by atoms with Crippen LogP contribution in [0, 0.1) is 0 Å². The lowest BCUT2D eigenvalue weighted by Crippen LogP contribution is -2.34. The molecule has 1 aliphatic rings. The van der Waals surface area contributed by atoms with Crippen LogP contribution >= 0.6 is 24.8 Å². The maximum Gasteiger partial charge on any atom is 0.241 e. The summed E-state index contributed by atoms with van der Waals surface area (Å²) in [4.78, 5) is 14.0. The standard InChI is InChI=1S/C14H21N3O.2ClH/c1-11(15)14(18)16-12-7-3-4-8-13(12)17-9-5-2-6-10-17;;/h3-4,7-8,11H,2,5-6,9-10,15H2,1H3,(H,16,18);2*1H. The lowest BCUT2D eigenvalue weighted by molar-refractivity contribution is -0.117. The number of carbonyl (C=O) groups excluding carboxylic acids is 1. The van der Waals surface area contributed by atoms with Crippen molar-refractivity contribution < 1.29 is 4.79 Å². The zero-order chi connectivity index (χ0) is 13.0. The average molecular weight is 320 g/mol. The Morgan fingerprint density at radius 3 is 2.40 bits per heavy atom. The van der Waals surface area contributed by atoms with E-state index in [-0.39, 0.29) is 30.7 Å². The SMILES string of the molecule is CC(N)C(=O)Nc1ccccc1N1CCCCC1.Cl.Cl. The molecule has 0 saturated carbocycles. The van der Waals surface area contributed by atoms with E-state index in [1.165, 1.54) is 19.3 Å². The first-order valence-corrected chi connectivity index (χ1v) is 6.59. The van der Waals surface area contributed by atoms with Gasteiger partial charge in [0.25, 0.3) is 0 Å². The number of piperidine rings is 1. The van der Waals surface area contributed by atoms with Crippen LogP contribution in [0.3, 0.4) is 0 Å². The number of carbonyl (C=O) groups is 1. The molecule has 1 heterocycles. The van der Waals surface area contributed by atoms with Gasteiger partial charge in [0.2, 0.25) is 5.91 Å². The molecule has 1 aliphatic heterocycles. The van der Waals surface area contributed by atoms with E-state index in [9.17, 15) is 4.79 Å². The van der Waals surface area contributed by atoms with Crippen LogP contribution in [0.5, 0.6) is 0 Å². The number of amides is 1. The summed E-state index contributed by atoms with van der Waals surface area (Å²) < 4.78 is 0. The Labute approximate surface area is 132 Å². The second kappa shape index (κ2) is 9.06. The lowest BCUT2D eigenvalue weighted by Gasteiger charge is -2.30. The minimum absolute atomic E-state index is 0. The van der Waals surface area contributed by atoms with E-state index < -0.39 is 6.04 Å². The van der Waals surface area contributed by atoms with Gasteiger partial charge in [-0.15, -0.1) is 24.8 Å². The molecule has 3 N–H and O–H groups in total. The van der Waals surface area contributed by atoms with Crippen molar-refractivity contribution in [3.8, 4) is 0 Å². The molecule has 20 heavy (non-hydrogen) atoms. The molecule has 2 rings (SSSR count). The van der Waals surface area contributed by atoms with Gasteiger partial charge in [0, 0.05) is 13.1 Å². The molecule has 1 aromatic rings. The maximum absolute atomic E-state index is 11.7. The van der Waals surface area contributed by atoms with Crippen LogP contribution in [-0.2, 0) is 4.79 Å². The molecule has 4 nitrogen and oxygen atoms in total. The van der Waals surface area contributed by atoms with Crippen LogP contribution in [-0.4, -0.2) is 25.0 Å². The zero-order valence-electron chi connectivity index (χ0n) is 11.7. The van der Waals surface area contributed by atoms with Crippen LogP contribution in [0.15, 0.2) is 24.3 Å². The molecule has 1 unspecified atom stereocenters. The Morgan fingerprint density at radius 1 is 1.20 bits per heavy atom. The smallest absolute Gasteiger partial charge is 0.241 e. The molecular formula is C14H23Cl2N3O. The highest BCUT2D eigenvalue weighted by Crippen LogP contribution is 2.28. The number of anilines is 2. The highest BCUT2D eigenvalue weighted by Gasteiger charge is 2.16. The van der Waals surface area contributed by atoms with Crippen LogP contribution in [0.1, 0.15) is 26.2 Å². The Hall–Kier alpha value is -0.970. The number of rotatable bonds is 3. The maximum atomic E-state index is 11.7. The van der Waals surface area contributed by atoms with Crippen molar-refractivity contribution in [3.05, 3.63) is 24.3 Å². The molecule has 6 heteroatoms. The van der Waals surface area contributed by atoms with Crippen molar-refractivity contribution in [3.63, 3.8) is 0 Å². The van der Waals surface area contributed by atoms with E-state index in [0.29, 0.717) is 0 Å². The topological polar surface area (TPSA) is 58.4 Å². The van der Waals surface area contributed by atoms with Gasteiger partial charge in [-0.3, -0.25) is 4.79 Å². The fourth-order valence-corrected chi connectivity index (χ4v) is 2.24. The van der Waals surface area contributed by atoms with Gasteiger partial charge >= 0.3 is 0 Å². The van der Waals surface area contributed by atoms with Crippen LogP contribution < -0.4 is 16.0 Å². The largest absolute Gasteiger partial charge is 0.370 e. The van der Waals surface area contributed by atoms with Gasteiger partial charge in [-0.25, -0.2) is 0 Å². The predicted molar refractivity (Wildman–Crippen MR) is 89.3 cm³/mol. The fraction of sp³-hybridized carbons (Fsp3) is 0.500. The second-order valence-electron chi connectivity index (χ2n) is 4.84. The average Bonchev–Trinajstić information content (AvgIpc) is 2.40. The molecule has 1 saturated heterocycles. The molecule has 1 amide bonds. The summed E-state index contributed by atoms with van der Waals surface area (Å²) in [5.74, 6) is -0.139. The summed E-state index contributed by atoms with van der Waals surface area (Å²) in [6.07, 6.45) is 3.73. The summed E-state index contributed by atoms with van der Waals surface area (Å²) in [5, 5.41) is 2.90. The van der Waals surface area contributed by atoms with E-state index >= 15 is 0 Å². The van der Waals surface area contributed by atoms with E-state index in [1.54, 1.807) is 6.92 Å². The highest BCUT2D eigenvalue weighted by molar-refractivity contribution is 5.97. The van der Waals surface area contributed by atoms with Crippen LogP contribution in [0.25, 0.3) is 0 Å². The van der Waals surface area contributed by atoms with E-state index in [0.717, 1.165) is 24.5 Å². The molecule has 114 valence electrons. The third-order valence-electron chi connectivity index (χ3n) is 3.27. The number of halogens is 2. The van der Waals surface area contributed by atoms with Gasteiger partial charge in [-0.05, 0) is 38.3 Å². The van der Waals surface area contributed by atoms with E-state index in [4.69, 9.17) is 5.73 Å². The van der Waals surface area contributed by atoms with Gasteiger partial charge in [-0.2, -0.15) is 0 Å². The fourth-order valence-electron chi connectivity index (χ4n) is 2.24. The lowest BCUT2D eigenvalue weighted by atomic mass is 10.1.